The van der Waals surface area contributed by atoms with Crippen LogP contribution in [-0.2, 0) is 4.74 Å². The molecule has 0 radical (unpaired) electrons. The fraction of sp³-hybridized carbons (Fsp3) is 0.417. The highest BCUT2D eigenvalue weighted by molar-refractivity contribution is 5.91. The van der Waals surface area contributed by atoms with Crippen LogP contribution >= 0.6 is 0 Å². The molecule has 1 heterocycles. The lowest BCUT2D eigenvalue weighted by molar-refractivity contribution is 0.0598. The van der Waals surface area contributed by atoms with Gasteiger partial charge in [-0.3, -0.25) is 0 Å². The maximum absolute atomic E-state index is 13.2. The van der Waals surface area contributed by atoms with Crippen LogP contribution in [0.1, 0.15) is 28.3 Å². The predicted octanol–water partition coefficient (Wildman–Crippen LogP) is 1.83. The van der Waals surface area contributed by atoms with Crippen LogP contribution in [0, 0.1) is 11.6 Å². The topological polar surface area (TPSA) is 38.3 Å². The lowest BCUT2D eigenvalue weighted by Crippen LogP contribution is -2.13. The summed E-state index contributed by atoms with van der Waals surface area (Å²) in [5.74, 6) is -2.57. The van der Waals surface area contributed by atoms with Gasteiger partial charge in [0.1, 0.15) is 0 Å². The number of benzene rings is 1. The molecule has 1 aromatic rings. The Balaban J connectivity index is 2.46. The van der Waals surface area contributed by atoms with Crippen LogP contribution in [0.25, 0.3) is 0 Å². The zero-order valence-electron chi connectivity index (χ0n) is 9.43. The number of rotatable bonds is 2. The van der Waals surface area contributed by atoms with Gasteiger partial charge in [0.15, 0.2) is 11.6 Å². The summed E-state index contributed by atoms with van der Waals surface area (Å²) >= 11 is 0. The van der Waals surface area contributed by atoms with Crippen LogP contribution in [0.15, 0.2) is 12.1 Å². The zero-order valence-corrected chi connectivity index (χ0v) is 9.43. The van der Waals surface area contributed by atoms with Crippen molar-refractivity contribution in [1.29, 1.82) is 0 Å². The zero-order chi connectivity index (χ0) is 12.4. The molecule has 0 saturated carbocycles. The highest BCUT2D eigenvalue weighted by Crippen LogP contribution is 2.28. The van der Waals surface area contributed by atoms with Crippen molar-refractivity contribution in [2.45, 2.75) is 12.3 Å². The minimum absolute atomic E-state index is 0.0270. The molecule has 0 amide bonds. The molecular weight excluding hydrogens is 228 g/mol. The summed E-state index contributed by atoms with van der Waals surface area (Å²) < 4.78 is 31.0. The van der Waals surface area contributed by atoms with E-state index in [0.29, 0.717) is 12.1 Å². The van der Waals surface area contributed by atoms with E-state index in [1.165, 1.54) is 7.11 Å². The molecule has 2 rings (SSSR count). The number of halogens is 2. The van der Waals surface area contributed by atoms with Gasteiger partial charge in [-0.2, -0.15) is 0 Å². The van der Waals surface area contributed by atoms with Gasteiger partial charge in [-0.1, -0.05) is 0 Å². The Morgan fingerprint density at radius 2 is 2.12 bits per heavy atom. The normalized spacial score (nSPS) is 19.4. The number of ether oxygens (including phenoxy) is 1. The summed E-state index contributed by atoms with van der Waals surface area (Å²) in [6.07, 6.45) is 0.801. The molecule has 1 aromatic carbocycles. The van der Waals surface area contributed by atoms with Crippen molar-refractivity contribution in [1.82, 2.24) is 5.32 Å². The molecular formula is C12H13F2NO2. The summed E-state index contributed by atoms with van der Waals surface area (Å²) in [6, 6.07) is 2.01. The van der Waals surface area contributed by atoms with Gasteiger partial charge in [-0.15, -0.1) is 0 Å². The Hall–Kier alpha value is -1.49. The quantitative estimate of drug-likeness (QED) is 0.803. The minimum Gasteiger partial charge on any atom is -0.465 e. The van der Waals surface area contributed by atoms with Crippen molar-refractivity contribution in [2.75, 3.05) is 20.2 Å². The fourth-order valence-corrected chi connectivity index (χ4v) is 2.11. The van der Waals surface area contributed by atoms with Crippen molar-refractivity contribution in [3.63, 3.8) is 0 Å². The first-order chi connectivity index (χ1) is 8.13. The molecule has 17 heavy (non-hydrogen) atoms. The van der Waals surface area contributed by atoms with Gasteiger partial charge in [0.25, 0.3) is 0 Å². The molecule has 0 spiro atoms. The van der Waals surface area contributed by atoms with Crippen LogP contribution in [0.5, 0.6) is 0 Å². The summed E-state index contributed by atoms with van der Waals surface area (Å²) in [7, 11) is 1.22. The Morgan fingerprint density at radius 1 is 1.41 bits per heavy atom. The van der Waals surface area contributed by atoms with E-state index >= 15 is 0 Å². The average Bonchev–Trinajstić information content (AvgIpc) is 2.84. The second-order valence-corrected chi connectivity index (χ2v) is 4.03. The van der Waals surface area contributed by atoms with Crippen molar-refractivity contribution in [3.05, 3.63) is 34.9 Å². The molecule has 1 unspecified atom stereocenters. The minimum atomic E-state index is -1.03. The highest BCUT2D eigenvalue weighted by atomic mass is 19.2. The molecule has 0 aliphatic carbocycles. The number of carbonyl (C=O) groups is 1. The number of hydrogen-bond acceptors (Lipinski definition) is 3. The van der Waals surface area contributed by atoms with Crippen molar-refractivity contribution in [2.24, 2.45) is 0 Å². The smallest absolute Gasteiger partial charge is 0.338 e. The van der Waals surface area contributed by atoms with Gasteiger partial charge in [0.05, 0.1) is 12.7 Å². The molecule has 1 N–H and O–H groups in total. The van der Waals surface area contributed by atoms with Crippen LogP contribution in [0.4, 0.5) is 8.78 Å². The van der Waals surface area contributed by atoms with Gasteiger partial charge >= 0.3 is 5.97 Å². The molecule has 0 bridgehead atoms. The number of nitrogens with one attached hydrogen (secondary N) is 1. The van der Waals surface area contributed by atoms with E-state index in [1.54, 1.807) is 0 Å². The van der Waals surface area contributed by atoms with Crippen molar-refractivity contribution >= 4 is 5.97 Å². The summed E-state index contributed by atoms with van der Waals surface area (Å²) in [6.45, 7) is 1.47. The van der Waals surface area contributed by atoms with E-state index in [0.717, 1.165) is 25.1 Å². The molecule has 1 atom stereocenters. The Bertz CT molecular complexity index is 442. The monoisotopic (exact) mass is 241 g/mol. The lowest BCUT2D eigenvalue weighted by atomic mass is 9.93. The standard InChI is InChI=1S/C12H13F2NO2/c1-17-12(16)9-5-11(14)10(13)4-8(9)7-2-3-15-6-7/h4-5,7,15H,2-3,6H2,1H3. The average molecular weight is 241 g/mol. The van der Waals surface area contributed by atoms with Gasteiger partial charge in [0, 0.05) is 6.54 Å². The van der Waals surface area contributed by atoms with Crippen LogP contribution in [0.3, 0.4) is 0 Å². The maximum atomic E-state index is 13.2. The Kier molecular flexibility index (Phi) is 3.38. The summed E-state index contributed by atoms with van der Waals surface area (Å²) in [4.78, 5) is 11.5. The van der Waals surface area contributed by atoms with E-state index in [1.807, 2.05) is 0 Å². The first kappa shape index (κ1) is 12.0. The van der Waals surface area contributed by atoms with Crippen molar-refractivity contribution in [3.8, 4) is 0 Å². The molecule has 92 valence electrons. The maximum Gasteiger partial charge on any atom is 0.338 e. The molecule has 1 aliphatic rings. The van der Waals surface area contributed by atoms with E-state index in [4.69, 9.17) is 0 Å². The molecule has 1 aliphatic heterocycles. The Morgan fingerprint density at radius 3 is 2.71 bits per heavy atom. The van der Waals surface area contributed by atoms with Crippen LogP contribution < -0.4 is 5.32 Å². The third kappa shape index (κ3) is 2.29. The molecule has 1 fully saturated rings. The second-order valence-electron chi connectivity index (χ2n) is 4.03. The van der Waals surface area contributed by atoms with E-state index in [9.17, 15) is 13.6 Å². The second kappa shape index (κ2) is 4.79. The van der Waals surface area contributed by atoms with Crippen molar-refractivity contribution < 1.29 is 18.3 Å². The third-order valence-electron chi connectivity index (χ3n) is 3.00. The molecule has 5 heteroatoms. The molecule has 1 saturated heterocycles. The first-order valence-electron chi connectivity index (χ1n) is 5.41. The SMILES string of the molecule is COC(=O)c1cc(F)c(F)cc1C1CCNC1. The number of methoxy groups -OCH3 is 1. The van der Waals surface area contributed by atoms with E-state index in [-0.39, 0.29) is 11.5 Å². The lowest BCUT2D eigenvalue weighted by Gasteiger charge is -2.13. The van der Waals surface area contributed by atoms with Gasteiger partial charge in [-0.05, 0) is 36.6 Å². The third-order valence-corrected chi connectivity index (χ3v) is 3.00. The summed E-state index contributed by atoms with van der Waals surface area (Å²) in [5, 5.41) is 3.12. The van der Waals surface area contributed by atoms with E-state index in [2.05, 4.69) is 10.1 Å². The number of hydrogen-bond donors (Lipinski definition) is 1. The van der Waals surface area contributed by atoms with Crippen LogP contribution in [-0.4, -0.2) is 26.2 Å². The van der Waals surface area contributed by atoms with Gasteiger partial charge < -0.3 is 10.1 Å². The van der Waals surface area contributed by atoms with Gasteiger partial charge in [0.2, 0.25) is 0 Å². The first-order valence-corrected chi connectivity index (χ1v) is 5.41. The number of esters is 1. The number of carbonyl (C=O) groups excluding carboxylic acids is 1. The van der Waals surface area contributed by atoms with E-state index < -0.39 is 17.6 Å². The fourth-order valence-electron chi connectivity index (χ4n) is 2.11. The predicted molar refractivity (Wildman–Crippen MR) is 57.9 cm³/mol. The Labute approximate surface area is 97.8 Å². The highest BCUT2D eigenvalue weighted by Gasteiger charge is 2.25. The summed E-state index contributed by atoms with van der Waals surface area (Å²) in [5.41, 5.74) is 0.626. The molecule has 3 nitrogen and oxygen atoms in total. The van der Waals surface area contributed by atoms with Gasteiger partial charge in [-0.25, -0.2) is 13.6 Å². The van der Waals surface area contributed by atoms with Crippen LogP contribution in [0.2, 0.25) is 0 Å². The largest absolute Gasteiger partial charge is 0.465 e. The molecule has 0 aromatic heterocycles.